The van der Waals surface area contributed by atoms with Crippen LogP contribution in [0.25, 0.3) is 33.8 Å². The van der Waals surface area contributed by atoms with Crippen LogP contribution in [0.1, 0.15) is 18.2 Å². The fourth-order valence-corrected chi connectivity index (χ4v) is 4.25. The normalized spacial score (nSPS) is 12.5. The molecule has 2 aromatic heterocycles. The van der Waals surface area contributed by atoms with Gasteiger partial charge in [-0.3, -0.25) is 0 Å². The Kier molecular flexibility index (Phi) is 5.04. The first-order valence-corrected chi connectivity index (χ1v) is 10.5. The van der Waals surface area contributed by atoms with Crippen LogP contribution in [0.5, 0.6) is 0 Å². The van der Waals surface area contributed by atoms with Crippen LogP contribution >= 0.6 is 0 Å². The molecule has 31 heavy (non-hydrogen) atoms. The molecule has 0 spiro atoms. The summed E-state index contributed by atoms with van der Waals surface area (Å²) in [5, 5.41) is 4.33. The summed E-state index contributed by atoms with van der Waals surface area (Å²) in [7, 11) is 0. The molecule has 1 aliphatic carbocycles. The van der Waals surface area contributed by atoms with Gasteiger partial charge in [0, 0.05) is 22.9 Å². The van der Waals surface area contributed by atoms with Crippen molar-refractivity contribution < 1.29 is 9.26 Å². The first-order valence-electron chi connectivity index (χ1n) is 10.5. The van der Waals surface area contributed by atoms with Crippen molar-refractivity contribution in [3.05, 3.63) is 103 Å². The molecule has 2 aromatic carbocycles. The summed E-state index contributed by atoms with van der Waals surface area (Å²) < 4.78 is 13.7. The summed E-state index contributed by atoms with van der Waals surface area (Å²) in [6.45, 7) is 6.58. The molecule has 4 aromatic rings. The minimum absolute atomic E-state index is 0.554. The van der Waals surface area contributed by atoms with E-state index in [1.807, 2.05) is 49.4 Å². The highest BCUT2D eigenvalue weighted by Crippen LogP contribution is 2.39. The van der Waals surface area contributed by atoms with Gasteiger partial charge < -0.3 is 13.8 Å². The molecule has 0 radical (unpaired) electrons. The lowest BCUT2D eigenvalue weighted by Gasteiger charge is -2.20. The van der Waals surface area contributed by atoms with Gasteiger partial charge in [0.25, 0.3) is 0 Å². The number of fused-ring (bicyclic) bond motifs is 3. The van der Waals surface area contributed by atoms with Crippen LogP contribution in [0.2, 0.25) is 0 Å². The first-order chi connectivity index (χ1) is 15.2. The maximum Gasteiger partial charge on any atom is 0.183 e. The molecule has 5 rings (SSSR count). The van der Waals surface area contributed by atoms with E-state index in [0.29, 0.717) is 12.3 Å². The summed E-state index contributed by atoms with van der Waals surface area (Å²) in [4.78, 5) is 0. The molecule has 154 valence electrons. The molecule has 0 aliphatic heterocycles. The van der Waals surface area contributed by atoms with Gasteiger partial charge >= 0.3 is 0 Å². The Balaban J connectivity index is 1.61. The van der Waals surface area contributed by atoms with Crippen molar-refractivity contribution in [3.8, 4) is 33.8 Å². The van der Waals surface area contributed by atoms with Crippen molar-refractivity contribution in [1.82, 2.24) is 9.72 Å². The molecule has 0 amide bonds. The zero-order chi connectivity index (χ0) is 21.2. The van der Waals surface area contributed by atoms with Gasteiger partial charge in [0.2, 0.25) is 0 Å². The number of nitrogens with zero attached hydrogens (tertiary/aromatic N) is 2. The second kappa shape index (κ2) is 8.15. The van der Waals surface area contributed by atoms with Gasteiger partial charge in [0.15, 0.2) is 5.76 Å². The van der Waals surface area contributed by atoms with Crippen LogP contribution < -0.4 is 0 Å². The largest absolute Gasteiger partial charge is 0.468 e. The molecule has 0 bridgehead atoms. The highest BCUT2D eigenvalue weighted by molar-refractivity contribution is 5.78. The van der Waals surface area contributed by atoms with E-state index in [4.69, 9.17) is 9.26 Å². The third-order valence-electron chi connectivity index (χ3n) is 5.68. The van der Waals surface area contributed by atoms with Gasteiger partial charge in [-0.1, -0.05) is 72.4 Å². The molecule has 2 heterocycles. The van der Waals surface area contributed by atoms with E-state index < -0.39 is 0 Å². The van der Waals surface area contributed by atoms with Crippen LogP contribution in [-0.4, -0.2) is 9.72 Å². The average molecular weight is 409 g/mol. The Hall–Kier alpha value is -3.79. The number of hydrogen-bond donors (Lipinski definition) is 0. The lowest BCUT2D eigenvalue weighted by molar-refractivity contribution is 0.324. The predicted octanol–water partition coefficient (Wildman–Crippen LogP) is 6.64. The van der Waals surface area contributed by atoms with Crippen molar-refractivity contribution in [1.29, 1.82) is 0 Å². The Bertz CT molecular complexity index is 1260. The summed E-state index contributed by atoms with van der Waals surface area (Å²) in [5.41, 5.74) is 8.03. The second-order valence-corrected chi connectivity index (χ2v) is 7.70. The quantitative estimate of drug-likeness (QED) is 0.336. The van der Waals surface area contributed by atoms with Crippen molar-refractivity contribution in [2.75, 3.05) is 0 Å². The standard InChI is InChI=1S/C27H24N2O2/c1-3-15-30-19(2)18-29-25-14-13-20-9-7-8-12-22(20)23(25)16-26(29)27-17-24(28-31-27)21-10-5-4-6-11-21/h3-12,15-17H,2,13-14,18H2,1H3/b15-3+. The van der Waals surface area contributed by atoms with Crippen molar-refractivity contribution >= 4 is 0 Å². The summed E-state index contributed by atoms with van der Waals surface area (Å²) in [6.07, 6.45) is 5.49. The lowest BCUT2D eigenvalue weighted by atomic mass is 9.90. The molecule has 0 saturated carbocycles. The van der Waals surface area contributed by atoms with Crippen LogP contribution in [0, 0.1) is 0 Å². The maximum atomic E-state index is 5.82. The zero-order valence-electron chi connectivity index (χ0n) is 17.5. The minimum Gasteiger partial charge on any atom is -0.468 e. The summed E-state index contributed by atoms with van der Waals surface area (Å²) in [6, 6.07) is 22.9. The third-order valence-corrected chi connectivity index (χ3v) is 5.68. The number of rotatable bonds is 6. The smallest absolute Gasteiger partial charge is 0.183 e. The van der Waals surface area contributed by atoms with Crippen LogP contribution in [0.15, 0.2) is 95.9 Å². The highest BCUT2D eigenvalue weighted by atomic mass is 16.5. The summed E-state index contributed by atoms with van der Waals surface area (Å²) >= 11 is 0. The van der Waals surface area contributed by atoms with Gasteiger partial charge in [-0.2, -0.15) is 0 Å². The zero-order valence-corrected chi connectivity index (χ0v) is 17.5. The summed E-state index contributed by atoms with van der Waals surface area (Å²) in [5.74, 6) is 1.42. The maximum absolute atomic E-state index is 5.82. The molecule has 0 unspecified atom stereocenters. The highest BCUT2D eigenvalue weighted by Gasteiger charge is 2.25. The topological polar surface area (TPSA) is 40.2 Å². The molecule has 0 saturated heterocycles. The molecular weight excluding hydrogens is 384 g/mol. The van der Waals surface area contributed by atoms with E-state index in [0.717, 1.165) is 35.6 Å². The van der Waals surface area contributed by atoms with Crippen LogP contribution in [0.4, 0.5) is 0 Å². The van der Waals surface area contributed by atoms with E-state index in [1.165, 1.54) is 22.4 Å². The Morgan fingerprint density at radius 2 is 1.87 bits per heavy atom. The average Bonchev–Trinajstić information content (AvgIpc) is 3.44. The van der Waals surface area contributed by atoms with E-state index >= 15 is 0 Å². The molecule has 0 atom stereocenters. The van der Waals surface area contributed by atoms with Crippen molar-refractivity contribution in [2.24, 2.45) is 0 Å². The number of aromatic nitrogens is 2. The Morgan fingerprint density at radius 1 is 1.06 bits per heavy atom. The first kappa shape index (κ1) is 19.2. The van der Waals surface area contributed by atoms with Gasteiger partial charge in [0.05, 0.1) is 18.5 Å². The van der Waals surface area contributed by atoms with E-state index in [9.17, 15) is 0 Å². The SMILES string of the molecule is C=C(Cn1c(-c2cc(-c3ccccc3)no2)cc2c1CCc1ccccc1-2)O/C=C/C. The molecule has 4 heteroatoms. The van der Waals surface area contributed by atoms with E-state index in [2.05, 4.69) is 46.6 Å². The number of ether oxygens (including phenoxy) is 1. The fourth-order valence-electron chi connectivity index (χ4n) is 4.25. The molecular formula is C27H24N2O2. The molecule has 1 aliphatic rings. The third kappa shape index (κ3) is 3.61. The predicted molar refractivity (Wildman–Crippen MR) is 123 cm³/mol. The minimum atomic E-state index is 0.554. The van der Waals surface area contributed by atoms with Crippen LogP contribution in [-0.2, 0) is 24.1 Å². The van der Waals surface area contributed by atoms with Crippen molar-refractivity contribution in [3.63, 3.8) is 0 Å². The molecule has 0 N–H and O–H groups in total. The number of aryl methyl sites for hydroxylation is 1. The molecule has 0 fully saturated rings. The second-order valence-electron chi connectivity index (χ2n) is 7.70. The van der Waals surface area contributed by atoms with E-state index in [1.54, 1.807) is 6.26 Å². The van der Waals surface area contributed by atoms with Crippen molar-refractivity contribution in [2.45, 2.75) is 26.3 Å². The number of allylic oxidation sites excluding steroid dienone is 2. The van der Waals surface area contributed by atoms with Gasteiger partial charge in [-0.15, -0.1) is 0 Å². The fraction of sp³-hybridized carbons (Fsp3) is 0.148. The Labute approximate surface area is 182 Å². The molecule has 4 nitrogen and oxygen atoms in total. The monoisotopic (exact) mass is 408 g/mol. The van der Waals surface area contributed by atoms with Gasteiger partial charge in [0.1, 0.15) is 11.5 Å². The van der Waals surface area contributed by atoms with Gasteiger partial charge in [-0.25, -0.2) is 0 Å². The Morgan fingerprint density at radius 3 is 2.71 bits per heavy atom. The number of hydrogen-bond acceptors (Lipinski definition) is 3. The van der Waals surface area contributed by atoms with Crippen LogP contribution in [0.3, 0.4) is 0 Å². The number of benzene rings is 2. The van der Waals surface area contributed by atoms with E-state index in [-0.39, 0.29) is 0 Å². The lowest BCUT2D eigenvalue weighted by Crippen LogP contribution is -2.11. The van der Waals surface area contributed by atoms with Gasteiger partial charge in [-0.05, 0) is 37.0 Å².